The van der Waals surface area contributed by atoms with Gasteiger partial charge in [0.05, 0.1) is 35.6 Å². The smallest absolute Gasteiger partial charge is 0.0757 e. The molecule has 0 aliphatic rings. The normalized spacial score (nSPS) is 12.6. The van der Waals surface area contributed by atoms with Crippen molar-refractivity contribution in [2.75, 3.05) is 20.8 Å². The molecule has 1 atom stereocenters. The first kappa shape index (κ1) is 15.2. The molecule has 0 radical (unpaired) electrons. The van der Waals surface area contributed by atoms with Crippen LogP contribution in [0.4, 0.5) is 0 Å². The predicted molar refractivity (Wildman–Crippen MR) is 83.9 cm³/mol. The molecule has 0 aliphatic heterocycles. The average molecular weight is 338 g/mol. The lowest BCUT2D eigenvalue weighted by Crippen LogP contribution is -2.23. The van der Waals surface area contributed by atoms with Gasteiger partial charge in [0.1, 0.15) is 0 Å². The van der Waals surface area contributed by atoms with E-state index in [1.54, 1.807) is 7.11 Å². The Labute approximate surface area is 128 Å². The molecule has 0 spiro atoms. The van der Waals surface area contributed by atoms with Crippen molar-refractivity contribution in [2.24, 2.45) is 0 Å². The average Bonchev–Trinajstić information content (AvgIpc) is 2.79. The number of nitrogens with zero attached hydrogens (tertiary/aromatic N) is 2. The summed E-state index contributed by atoms with van der Waals surface area (Å²) >= 11 is 3.60. The summed E-state index contributed by atoms with van der Waals surface area (Å²) in [6, 6.07) is 8.62. The zero-order valence-corrected chi connectivity index (χ0v) is 13.6. The number of methoxy groups -OCH3 is 1. The van der Waals surface area contributed by atoms with E-state index >= 15 is 0 Å². The molecule has 1 heterocycles. The number of aromatic nitrogens is 2. The summed E-state index contributed by atoms with van der Waals surface area (Å²) in [6.07, 6.45) is 1.84. The zero-order valence-electron chi connectivity index (χ0n) is 12.1. The van der Waals surface area contributed by atoms with Gasteiger partial charge in [0.15, 0.2) is 0 Å². The van der Waals surface area contributed by atoms with Gasteiger partial charge in [-0.25, -0.2) is 0 Å². The van der Waals surface area contributed by atoms with Gasteiger partial charge in [-0.3, -0.25) is 4.68 Å². The van der Waals surface area contributed by atoms with E-state index in [9.17, 15) is 0 Å². The van der Waals surface area contributed by atoms with Crippen LogP contribution in [-0.4, -0.2) is 30.5 Å². The Morgan fingerprint density at radius 3 is 2.90 bits per heavy atom. The summed E-state index contributed by atoms with van der Waals surface area (Å²) in [7, 11) is 3.67. The van der Waals surface area contributed by atoms with Crippen LogP contribution in [0.25, 0.3) is 0 Å². The Balaban J connectivity index is 2.38. The Kier molecular flexibility index (Phi) is 5.34. The molecule has 4 nitrogen and oxygen atoms in total. The second-order valence-corrected chi connectivity index (χ2v) is 5.58. The van der Waals surface area contributed by atoms with Crippen molar-refractivity contribution in [3.05, 3.63) is 51.8 Å². The number of hydrogen-bond acceptors (Lipinski definition) is 3. The van der Waals surface area contributed by atoms with Crippen LogP contribution in [-0.2, 0) is 11.3 Å². The standard InChI is InChI=1S/C15H20BrN3O/c1-11-5-4-6-12(9-11)14(17-2)15-13(16)10-18-19(15)7-8-20-3/h4-6,9-10,14,17H,7-8H2,1-3H3. The minimum atomic E-state index is 0.101. The lowest BCUT2D eigenvalue weighted by Gasteiger charge is -2.19. The third-order valence-electron chi connectivity index (χ3n) is 3.28. The topological polar surface area (TPSA) is 39.1 Å². The van der Waals surface area contributed by atoms with Gasteiger partial charge < -0.3 is 10.1 Å². The zero-order chi connectivity index (χ0) is 14.5. The van der Waals surface area contributed by atoms with Gasteiger partial charge in [0.2, 0.25) is 0 Å². The Bertz CT molecular complexity index is 568. The molecule has 1 aromatic carbocycles. The van der Waals surface area contributed by atoms with Gasteiger partial charge in [0.25, 0.3) is 0 Å². The van der Waals surface area contributed by atoms with E-state index in [1.807, 2.05) is 17.9 Å². The monoisotopic (exact) mass is 337 g/mol. The number of rotatable bonds is 6. The molecule has 1 N–H and O–H groups in total. The van der Waals surface area contributed by atoms with Crippen LogP contribution >= 0.6 is 15.9 Å². The summed E-state index contributed by atoms with van der Waals surface area (Å²) in [5.74, 6) is 0. The minimum absolute atomic E-state index is 0.101. The predicted octanol–water partition coefficient (Wildman–Crippen LogP) is 2.91. The van der Waals surface area contributed by atoms with Gasteiger partial charge in [0, 0.05) is 7.11 Å². The highest BCUT2D eigenvalue weighted by Crippen LogP contribution is 2.28. The third-order valence-corrected chi connectivity index (χ3v) is 3.89. The second kappa shape index (κ2) is 7.02. The van der Waals surface area contributed by atoms with Crippen molar-refractivity contribution >= 4 is 15.9 Å². The van der Waals surface area contributed by atoms with Crippen molar-refractivity contribution in [3.63, 3.8) is 0 Å². The van der Waals surface area contributed by atoms with E-state index in [-0.39, 0.29) is 6.04 Å². The van der Waals surface area contributed by atoms with Gasteiger partial charge in [-0.05, 0) is 35.5 Å². The van der Waals surface area contributed by atoms with Crippen molar-refractivity contribution in [2.45, 2.75) is 19.5 Å². The number of ether oxygens (including phenoxy) is 1. The highest BCUT2D eigenvalue weighted by molar-refractivity contribution is 9.10. The van der Waals surface area contributed by atoms with E-state index in [0.29, 0.717) is 6.61 Å². The van der Waals surface area contributed by atoms with Crippen molar-refractivity contribution in [3.8, 4) is 0 Å². The molecular formula is C15H20BrN3O. The molecule has 0 bridgehead atoms. The van der Waals surface area contributed by atoms with E-state index in [0.717, 1.165) is 16.7 Å². The molecular weight excluding hydrogens is 318 g/mol. The molecule has 0 amide bonds. The fraction of sp³-hybridized carbons (Fsp3) is 0.400. The molecule has 0 saturated carbocycles. The molecule has 0 fully saturated rings. The molecule has 5 heteroatoms. The Morgan fingerprint density at radius 2 is 2.25 bits per heavy atom. The summed E-state index contributed by atoms with van der Waals surface area (Å²) in [5.41, 5.74) is 3.60. The largest absolute Gasteiger partial charge is 0.383 e. The molecule has 0 saturated heterocycles. The maximum Gasteiger partial charge on any atom is 0.0757 e. The first-order valence-corrected chi connectivity index (χ1v) is 7.40. The molecule has 1 unspecified atom stereocenters. The van der Waals surface area contributed by atoms with Crippen LogP contribution in [0.2, 0.25) is 0 Å². The molecule has 0 aliphatic carbocycles. The summed E-state index contributed by atoms with van der Waals surface area (Å²) in [6.45, 7) is 3.49. The second-order valence-electron chi connectivity index (χ2n) is 4.73. The number of halogens is 1. The molecule has 2 aromatic rings. The Morgan fingerprint density at radius 1 is 1.45 bits per heavy atom. The fourth-order valence-electron chi connectivity index (χ4n) is 2.33. The van der Waals surface area contributed by atoms with Crippen molar-refractivity contribution < 1.29 is 4.74 Å². The molecule has 108 valence electrons. The molecule has 2 rings (SSSR count). The first-order chi connectivity index (χ1) is 9.67. The number of hydrogen-bond donors (Lipinski definition) is 1. The minimum Gasteiger partial charge on any atom is -0.383 e. The number of nitrogens with one attached hydrogen (secondary N) is 1. The summed E-state index contributed by atoms with van der Waals surface area (Å²) < 4.78 is 8.14. The van der Waals surface area contributed by atoms with Crippen LogP contribution in [0.3, 0.4) is 0 Å². The summed E-state index contributed by atoms with van der Waals surface area (Å²) in [5, 5.41) is 7.79. The first-order valence-electron chi connectivity index (χ1n) is 6.61. The van der Waals surface area contributed by atoms with Crippen LogP contribution in [0.5, 0.6) is 0 Å². The van der Waals surface area contributed by atoms with Crippen LogP contribution in [0.1, 0.15) is 22.9 Å². The van der Waals surface area contributed by atoms with Gasteiger partial charge in [-0.2, -0.15) is 5.10 Å². The van der Waals surface area contributed by atoms with Crippen LogP contribution < -0.4 is 5.32 Å². The lowest BCUT2D eigenvalue weighted by molar-refractivity contribution is 0.182. The highest BCUT2D eigenvalue weighted by Gasteiger charge is 2.20. The quantitative estimate of drug-likeness (QED) is 0.880. The molecule has 1 aromatic heterocycles. The molecule has 20 heavy (non-hydrogen) atoms. The number of aryl methyl sites for hydroxylation is 1. The lowest BCUT2D eigenvalue weighted by atomic mass is 10.0. The van der Waals surface area contributed by atoms with E-state index in [4.69, 9.17) is 4.74 Å². The van der Waals surface area contributed by atoms with E-state index in [1.165, 1.54) is 11.1 Å². The van der Waals surface area contributed by atoms with Crippen molar-refractivity contribution in [1.29, 1.82) is 0 Å². The SMILES string of the molecule is CNC(c1cccc(C)c1)c1c(Br)cnn1CCOC. The maximum absolute atomic E-state index is 5.15. The van der Waals surface area contributed by atoms with Crippen LogP contribution in [0.15, 0.2) is 34.9 Å². The van der Waals surface area contributed by atoms with E-state index in [2.05, 4.69) is 57.5 Å². The van der Waals surface area contributed by atoms with E-state index < -0.39 is 0 Å². The van der Waals surface area contributed by atoms with Gasteiger partial charge in [-0.15, -0.1) is 0 Å². The third kappa shape index (κ3) is 3.29. The van der Waals surface area contributed by atoms with Crippen LogP contribution in [0, 0.1) is 6.92 Å². The fourth-order valence-corrected chi connectivity index (χ4v) is 2.85. The maximum atomic E-state index is 5.15. The summed E-state index contributed by atoms with van der Waals surface area (Å²) in [4.78, 5) is 0. The number of benzene rings is 1. The highest BCUT2D eigenvalue weighted by atomic mass is 79.9. The van der Waals surface area contributed by atoms with Gasteiger partial charge in [-0.1, -0.05) is 29.8 Å². The Hall–Kier alpha value is -1.17. The van der Waals surface area contributed by atoms with Gasteiger partial charge >= 0.3 is 0 Å². The van der Waals surface area contributed by atoms with Crippen molar-refractivity contribution in [1.82, 2.24) is 15.1 Å².